The molecule has 2 N–H and O–H groups in total. The molecule has 0 unspecified atom stereocenters. The molecule has 2 aromatic rings. The van der Waals surface area contributed by atoms with Crippen LogP contribution in [-0.4, -0.2) is 30.0 Å². The smallest absolute Gasteiger partial charge is 0.263 e. The van der Waals surface area contributed by atoms with Gasteiger partial charge in [0.05, 0.1) is 6.20 Å². The molecule has 0 fully saturated rings. The van der Waals surface area contributed by atoms with Gasteiger partial charge in [-0.25, -0.2) is 4.98 Å². The van der Waals surface area contributed by atoms with E-state index in [-0.39, 0.29) is 11.9 Å². The summed E-state index contributed by atoms with van der Waals surface area (Å²) in [6.45, 7) is 5.61. The minimum absolute atomic E-state index is 0.0607. The van der Waals surface area contributed by atoms with Gasteiger partial charge in [0.2, 0.25) is 0 Å². The Morgan fingerprint density at radius 2 is 2.10 bits per heavy atom. The summed E-state index contributed by atoms with van der Waals surface area (Å²) in [5.74, 6) is -0.0607. The van der Waals surface area contributed by atoms with Crippen LogP contribution in [0.4, 0.5) is 0 Å². The van der Waals surface area contributed by atoms with Crippen LogP contribution in [0.3, 0.4) is 0 Å². The maximum atomic E-state index is 12.0. The molecule has 0 saturated carbocycles. The maximum Gasteiger partial charge on any atom is 0.263 e. The molecule has 1 aromatic heterocycles. The summed E-state index contributed by atoms with van der Waals surface area (Å²) in [6, 6.07) is 10.2. The van der Waals surface area contributed by atoms with Crippen molar-refractivity contribution in [3.63, 3.8) is 0 Å². The largest absolute Gasteiger partial charge is 0.350 e. The number of carbonyl (C=O) groups is 1. The summed E-state index contributed by atoms with van der Waals surface area (Å²) < 4.78 is 0. The van der Waals surface area contributed by atoms with E-state index in [0.29, 0.717) is 11.4 Å². The topological polar surface area (TPSA) is 54.0 Å². The van der Waals surface area contributed by atoms with E-state index in [1.165, 1.54) is 11.3 Å². The van der Waals surface area contributed by atoms with Gasteiger partial charge in [0.1, 0.15) is 9.88 Å². The summed E-state index contributed by atoms with van der Waals surface area (Å²) in [5, 5.41) is 7.04. The van der Waals surface area contributed by atoms with Crippen molar-refractivity contribution in [2.24, 2.45) is 0 Å². The fraction of sp³-hybridized carbons (Fsp3) is 0.333. The molecule has 0 bridgehead atoms. The lowest BCUT2D eigenvalue weighted by molar-refractivity contribution is 0.0954. The predicted molar refractivity (Wildman–Crippen MR) is 83.0 cm³/mol. The van der Waals surface area contributed by atoms with Crippen LogP contribution >= 0.6 is 11.3 Å². The molecule has 20 heavy (non-hydrogen) atoms. The summed E-state index contributed by atoms with van der Waals surface area (Å²) in [4.78, 5) is 17.0. The van der Waals surface area contributed by atoms with Gasteiger partial charge in [-0.3, -0.25) is 4.79 Å². The first-order chi connectivity index (χ1) is 9.70. The molecule has 5 heteroatoms. The Morgan fingerprint density at radius 3 is 2.80 bits per heavy atom. The van der Waals surface area contributed by atoms with Crippen LogP contribution in [0.5, 0.6) is 0 Å². The SMILES string of the molecule is CCN[C@H](C)CNC(=O)c1cnc(-c2ccccc2)s1. The molecule has 0 aliphatic heterocycles. The molecule has 0 aliphatic rings. The Morgan fingerprint density at radius 1 is 1.35 bits per heavy atom. The van der Waals surface area contributed by atoms with Crippen LogP contribution in [0.15, 0.2) is 36.5 Å². The van der Waals surface area contributed by atoms with Gasteiger partial charge in [0.15, 0.2) is 0 Å². The Bertz CT molecular complexity index is 553. The monoisotopic (exact) mass is 289 g/mol. The molecule has 0 spiro atoms. The highest BCUT2D eigenvalue weighted by Crippen LogP contribution is 2.24. The third kappa shape index (κ3) is 3.88. The Hall–Kier alpha value is -1.72. The van der Waals surface area contributed by atoms with E-state index >= 15 is 0 Å². The van der Waals surface area contributed by atoms with E-state index in [1.54, 1.807) is 6.20 Å². The maximum absolute atomic E-state index is 12.0. The first kappa shape index (κ1) is 14.7. The average Bonchev–Trinajstić information content (AvgIpc) is 2.96. The highest BCUT2D eigenvalue weighted by Gasteiger charge is 2.12. The van der Waals surface area contributed by atoms with Crippen molar-refractivity contribution >= 4 is 17.2 Å². The Kier molecular flexibility index (Phi) is 5.26. The summed E-state index contributed by atoms with van der Waals surface area (Å²) in [7, 11) is 0. The first-order valence-corrected chi connectivity index (χ1v) is 7.55. The molecular weight excluding hydrogens is 270 g/mol. The molecular formula is C15H19N3OS. The van der Waals surface area contributed by atoms with Gasteiger partial charge in [0.25, 0.3) is 5.91 Å². The van der Waals surface area contributed by atoms with E-state index < -0.39 is 0 Å². The number of benzene rings is 1. The van der Waals surface area contributed by atoms with E-state index in [0.717, 1.165) is 17.1 Å². The standard InChI is InChI=1S/C15H19N3OS/c1-3-16-11(2)9-17-14(19)13-10-18-15(20-13)12-7-5-4-6-8-12/h4-8,10-11,16H,3,9H2,1-2H3,(H,17,19)/t11-/m1/s1. The van der Waals surface area contributed by atoms with Gasteiger partial charge in [0, 0.05) is 18.2 Å². The minimum atomic E-state index is -0.0607. The third-order valence-electron chi connectivity index (χ3n) is 2.87. The second kappa shape index (κ2) is 7.17. The summed E-state index contributed by atoms with van der Waals surface area (Å²) >= 11 is 1.42. The zero-order valence-corrected chi connectivity index (χ0v) is 12.5. The number of rotatable bonds is 6. The molecule has 1 aromatic carbocycles. The number of aromatic nitrogens is 1. The second-order valence-electron chi connectivity index (χ2n) is 4.56. The van der Waals surface area contributed by atoms with Crippen molar-refractivity contribution in [2.75, 3.05) is 13.1 Å². The molecule has 1 atom stereocenters. The van der Waals surface area contributed by atoms with Crippen LogP contribution in [0, 0.1) is 0 Å². The highest BCUT2D eigenvalue weighted by atomic mass is 32.1. The Balaban J connectivity index is 1.97. The van der Waals surface area contributed by atoms with Crippen LogP contribution in [-0.2, 0) is 0 Å². The number of carbonyl (C=O) groups excluding carboxylic acids is 1. The number of amides is 1. The minimum Gasteiger partial charge on any atom is -0.350 e. The number of likely N-dealkylation sites (N-methyl/N-ethyl adjacent to an activating group) is 1. The molecule has 4 nitrogen and oxygen atoms in total. The third-order valence-corrected chi connectivity index (χ3v) is 3.92. The lowest BCUT2D eigenvalue weighted by Crippen LogP contribution is -2.38. The fourth-order valence-corrected chi connectivity index (χ4v) is 2.68. The number of nitrogens with zero attached hydrogens (tertiary/aromatic N) is 1. The van der Waals surface area contributed by atoms with E-state index in [2.05, 4.69) is 15.6 Å². The average molecular weight is 289 g/mol. The number of hydrogen-bond acceptors (Lipinski definition) is 4. The lowest BCUT2D eigenvalue weighted by atomic mass is 10.2. The number of nitrogens with one attached hydrogen (secondary N) is 2. The summed E-state index contributed by atoms with van der Waals surface area (Å²) in [6.07, 6.45) is 1.64. The van der Waals surface area contributed by atoms with Crippen molar-refractivity contribution in [3.05, 3.63) is 41.4 Å². The molecule has 0 aliphatic carbocycles. The molecule has 0 saturated heterocycles. The Labute approximate surface area is 123 Å². The van der Waals surface area contributed by atoms with Crippen molar-refractivity contribution in [1.82, 2.24) is 15.6 Å². The highest BCUT2D eigenvalue weighted by molar-refractivity contribution is 7.16. The molecule has 1 amide bonds. The van der Waals surface area contributed by atoms with Crippen molar-refractivity contribution < 1.29 is 4.79 Å². The predicted octanol–water partition coefficient (Wildman–Crippen LogP) is 2.54. The van der Waals surface area contributed by atoms with Gasteiger partial charge in [-0.15, -0.1) is 11.3 Å². The lowest BCUT2D eigenvalue weighted by Gasteiger charge is -2.12. The number of thiazole rings is 1. The van der Waals surface area contributed by atoms with Gasteiger partial charge >= 0.3 is 0 Å². The quantitative estimate of drug-likeness (QED) is 0.859. The molecule has 2 rings (SSSR count). The zero-order valence-electron chi connectivity index (χ0n) is 11.7. The summed E-state index contributed by atoms with van der Waals surface area (Å²) in [5.41, 5.74) is 1.04. The first-order valence-electron chi connectivity index (χ1n) is 6.73. The van der Waals surface area contributed by atoms with Crippen molar-refractivity contribution in [3.8, 4) is 10.6 Å². The van der Waals surface area contributed by atoms with Crippen LogP contribution in [0.2, 0.25) is 0 Å². The molecule has 106 valence electrons. The van der Waals surface area contributed by atoms with Gasteiger partial charge < -0.3 is 10.6 Å². The fourth-order valence-electron chi connectivity index (χ4n) is 1.85. The van der Waals surface area contributed by atoms with E-state index in [4.69, 9.17) is 0 Å². The van der Waals surface area contributed by atoms with Crippen LogP contribution in [0.25, 0.3) is 10.6 Å². The zero-order chi connectivity index (χ0) is 14.4. The normalized spacial score (nSPS) is 12.1. The second-order valence-corrected chi connectivity index (χ2v) is 5.60. The molecule has 0 radical (unpaired) electrons. The van der Waals surface area contributed by atoms with Crippen molar-refractivity contribution in [1.29, 1.82) is 0 Å². The van der Waals surface area contributed by atoms with Gasteiger partial charge in [-0.1, -0.05) is 37.3 Å². The number of hydrogen-bond donors (Lipinski definition) is 2. The van der Waals surface area contributed by atoms with E-state index in [9.17, 15) is 4.79 Å². The van der Waals surface area contributed by atoms with Gasteiger partial charge in [-0.2, -0.15) is 0 Å². The van der Waals surface area contributed by atoms with Crippen LogP contribution in [0.1, 0.15) is 23.5 Å². The van der Waals surface area contributed by atoms with Crippen LogP contribution < -0.4 is 10.6 Å². The molecule has 1 heterocycles. The van der Waals surface area contributed by atoms with Gasteiger partial charge in [-0.05, 0) is 13.5 Å². The van der Waals surface area contributed by atoms with E-state index in [1.807, 2.05) is 44.2 Å². The van der Waals surface area contributed by atoms with Crippen molar-refractivity contribution in [2.45, 2.75) is 19.9 Å².